The van der Waals surface area contributed by atoms with Crippen LogP contribution in [0.1, 0.15) is 15.9 Å². The zero-order valence-electron chi connectivity index (χ0n) is 14.0. The Bertz CT molecular complexity index is 901. The number of hydrogen-bond acceptors (Lipinski definition) is 4. The Balaban J connectivity index is 1.65. The van der Waals surface area contributed by atoms with Gasteiger partial charge >= 0.3 is 0 Å². The monoisotopic (exact) mass is 354 g/mol. The second kappa shape index (κ2) is 7.69. The minimum atomic E-state index is -1.08. The van der Waals surface area contributed by atoms with E-state index in [9.17, 15) is 13.6 Å². The molecule has 0 aliphatic carbocycles. The van der Waals surface area contributed by atoms with Crippen molar-refractivity contribution >= 4 is 17.5 Å². The molecule has 1 amide bonds. The van der Waals surface area contributed by atoms with Crippen LogP contribution in [-0.2, 0) is 6.54 Å². The average molecular weight is 354 g/mol. The molecule has 1 aromatic heterocycles. The van der Waals surface area contributed by atoms with Gasteiger partial charge in [-0.15, -0.1) is 10.2 Å². The van der Waals surface area contributed by atoms with E-state index in [1.807, 2.05) is 42.3 Å². The quantitative estimate of drug-likeness (QED) is 0.760. The summed E-state index contributed by atoms with van der Waals surface area (Å²) in [5.41, 5.74) is 1.13. The third-order valence-electron chi connectivity index (χ3n) is 3.73. The predicted octanol–water partition coefficient (Wildman–Crippen LogP) is 3.64. The van der Waals surface area contributed by atoms with Crippen LogP contribution in [0.15, 0.2) is 60.7 Å². The lowest BCUT2D eigenvalue weighted by molar-refractivity contribution is 0.102. The minimum Gasteiger partial charge on any atom is -0.354 e. The van der Waals surface area contributed by atoms with Crippen LogP contribution in [0.2, 0.25) is 0 Å². The van der Waals surface area contributed by atoms with Crippen LogP contribution in [0.25, 0.3) is 0 Å². The molecule has 1 N–H and O–H groups in total. The molecule has 0 saturated carbocycles. The van der Waals surface area contributed by atoms with Crippen LogP contribution < -0.4 is 10.2 Å². The van der Waals surface area contributed by atoms with Crippen molar-refractivity contribution < 1.29 is 13.6 Å². The fourth-order valence-electron chi connectivity index (χ4n) is 2.36. The van der Waals surface area contributed by atoms with Crippen molar-refractivity contribution in [2.45, 2.75) is 6.54 Å². The lowest BCUT2D eigenvalue weighted by Gasteiger charge is -2.17. The van der Waals surface area contributed by atoms with Crippen molar-refractivity contribution in [1.82, 2.24) is 10.2 Å². The van der Waals surface area contributed by atoms with Crippen LogP contribution in [0, 0.1) is 11.6 Å². The molecule has 2 aromatic carbocycles. The van der Waals surface area contributed by atoms with Crippen LogP contribution in [-0.4, -0.2) is 23.2 Å². The highest BCUT2D eigenvalue weighted by atomic mass is 19.2. The van der Waals surface area contributed by atoms with E-state index >= 15 is 0 Å². The van der Waals surface area contributed by atoms with Gasteiger partial charge in [-0.05, 0) is 35.9 Å². The Morgan fingerprint density at radius 3 is 2.42 bits per heavy atom. The van der Waals surface area contributed by atoms with Crippen molar-refractivity contribution in [2.75, 3.05) is 17.3 Å². The summed E-state index contributed by atoms with van der Waals surface area (Å²) in [7, 11) is 1.89. The van der Waals surface area contributed by atoms with E-state index in [1.165, 1.54) is 6.07 Å². The molecule has 0 aliphatic heterocycles. The van der Waals surface area contributed by atoms with Crippen molar-refractivity contribution in [3.8, 4) is 0 Å². The summed E-state index contributed by atoms with van der Waals surface area (Å²) in [6.45, 7) is 0.663. The van der Waals surface area contributed by atoms with Crippen molar-refractivity contribution in [3.05, 3.63) is 83.4 Å². The average Bonchev–Trinajstić information content (AvgIpc) is 2.65. The Morgan fingerprint density at radius 1 is 1.00 bits per heavy atom. The minimum absolute atomic E-state index is 0.00373. The summed E-state index contributed by atoms with van der Waals surface area (Å²) in [6.07, 6.45) is 0. The number of carbonyl (C=O) groups excluding carboxylic acids is 1. The highest BCUT2D eigenvalue weighted by Gasteiger charge is 2.11. The standard InChI is InChI=1S/C19H16F2N4O/c1-25(12-13-5-3-2-4-6-13)18-10-9-17(23-24-18)22-19(26)14-7-8-15(20)16(21)11-14/h2-11H,12H2,1H3,(H,22,23,26). The van der Waals surface area contributed by atoms with Crippen LogP contribution in [0.5, 0.6) is 0 Å². The van der Waals surface area contributed by atoms with E-state index in [2.05, 4.69) is 15.5 Å². The highest BCUT2D eigenvalue weighted by Crippen LogP contribution is 2.15. The Labute approximate surface area is 149 Å². The smallest absolute Gasteiger partial charge is 0.256 e. The van der Waals surface area contributed by atoms with E-state index in [4.69, 9.17) is 0 Å². The summed E-state index contributed by atoms with van der Waals surface area (Å²) < 4.78 is 26.1. The maximum absolute atomic E-state index is 13.2. The zero-order chi connectivity index (χ0) is 18.5. The van der Waals surface area contributed by atoms with Gasteiger partial charge in [-0.25, -0.2) is 8.78 Å². The molecule has 5 nitrogen and oxygen atoms in total. The zero-order valence-corrected chi connectivity index (χ0v) is 14.0. The molecule has 0 saturated heterocycles. The maximum Gasteiger partial charge on any atom is 0.256 e. The number of halogens is 2. The van der Waals surface area contributed by atoms with Gasteiger partial charge in [0.15, 0.2) is 23.3 Å². The molecule has 26 heavy (non-hydrogen) atoms. The number of anilines is 2. The summed E-state index contributed by atoms with van der Waals surface area (Å²) >= 11 is 0. The molecule has 0 spiro atoms. The molecule has 0 fully saturated rings. The van der Waals surface area contributed by atoms with E-state index < -0.39 is 17.5 Å². The summed E-state index contributed by atoms with van der Waals surface area (Å²) in [6, 6.07) is 16.2. The van der Waals surface area contributed by atoms with Gasteiger partial charge in [-0.2, -0.15) is 0 Å². The molecule has 7 heteroatoms. The number of hydrogen-bond donors (Lipinski definition) is 1. The molecule has 0 atom stereocenters. The lowest BCUT2D eigenvalue weighted by Crippen LogP contribution is -2.19. The van der Waals surface area contributed by atoms with Gasteiger partial charge in [-0.3, -0.25) is 4.79 Å². The number of benzene rings is 2. The van der Waals surface area contributed by atoms with E-state index in [-0.39, 0.29) is 11.4 Å². The maximum atomic E-state index is 13.2. The summed E-state index contributed by atoms with van der Waals surface area (Å²) in [5, 5.41) is 10.5. The molecule has 132 valence electrons. The number of rotatable bonds is 5. The number of carbonyl (C=O) groups is 1. The first-order valence-electron chi connectivity index (χ1n) is 7.88. The van der Waals surface area contributed by atoms with Crippen molar-refractivity contribution in [2.24, 2.45) is 0 Å². The summed E-state index contributed by atoms with van der Waals surface area (Å²) in [4.78, 5) is 14.0. The van der Waals surface area contributed by atoms with Crippen molar-refractivity contribution in [3.63, 3.8) is 0 Å². The van der Waals surface area contributed by atoms with E-state index in [1.54, 1.807) is 12.1 Å². The van der Waals surface area contributed by atoms with Gasteiger partial charge in [0.1, 0.15) is 0 Å². The second-order valence-electron chi connectivity index (χ2n) is 5.70. The van der Waals surface area contributed by atoms with Crippen molar-refractivity contribution in [1.29, 1.82) is 0 Å². The first kappa shape index (κ1) is 17.5. The topological polar surface area (TPSA) is 58.1 Å². The first-order chi connectivity index (χ1) is 12.5. The third-order valence-corrected chi connectivity index (χ3v) is 3.73. The molecule has 0 bridgehead atoms. The molecule has 0 aliphatic rings. The SMILES string of the molecule is CN(Cc1ccccc1)c1ccc(NC(=O)c2ccc(F)c(F)c2)nn1. The summed E-state index contributed by atoms with van der Waals surface area (Å²) in [5.74, 6) is -1.83. The molecular formula is C19H16F2N4O. The number of amides is 1. The molecule has 3 aromatic rings. The molecular weight excluding hydrogens is 338 g/mol. The Morgan fingerprint density at radius 2 is 1.77 bits per heavy atom. The number of nitrogens with zero attached hydrogens (tertiary/aromatic N) is 3. The van der Waals surface area contributed by atoms with Crippen LogP contribution >= 0.6 is 0 Å². The molecule has 0 radical (unpaired) electrons. The van der Waals surface area contributed by atoms with Crippen LogP contribution in [0.4, 0.5) is 20.4 Å². The fourth-order valence-corrected chi connectivity index (χ4v) is 2.36. The Kier molecular flexibility index (Phi) is 5.17. The molecule has 1 heterocycles. The van der Waals surface area contributed by atoms with Crippen LogP contribution in [0.3, 0.4) is 0 Å². The lowest BCUT2D eigenvalue weighted by atomic mass is 10.2. The second-order valence-corrected chi connectivity index (χ2v) is 5.70. The van der Waals surface area contributed by atoms with E-state index in [0.29, 0.717) is 12.4 Å². The van der Waals surface area contributed by atoms with Gasteiger partial charge in [0, 0.05) is 19.2 Å². The highest BCUT2D eigenvalue weighted by molar-refractivity contribution is 6.03. The normalized spacial score (nSPS) is 10.4. The van der Waals surface area contributed by atoms with Gasteiger partial charge in [-0.1, -0.05) is 30.3 Å². The number of aromatic nitrogens is 2. The third kappa shape index (κ3) is 4.18. The largest absolute Gasteiger partial charge is 0.354 e. The number of nitrogens with one attached hydrogen (secondary N) is 1. The fraction of sp³-hybridized carbons (Fsp3) is 0.105. The van der Waals surface area contributed by atoms with Gasteiger partial charge in [0.2, 0.25) is 0 Å². The molecule has 3 rings (SSSR count). The Hall–Kier alpha value is -3.35. The predicted molar refractivity (Wildman–Crippen MR) is 94.9 cm³/mol. The first-order valence-corrected chi connectivity index (χ1v) is 7.88. The van der Waals surface area contributed by atoms with Gasteiger partial charge in [0.25, 0.3) is 5.91 Å². The van der Waals surface area contributed by atoms with Gasteiger partial charge in [0.05, 0.1) is 0 Å². The molecule has 0 unspecified atom stereocenters. The van der Waals surface area contributed by atoms with E-state index in [0.717, 1.165) is 17.7 Å². The van der Waals surface area contributed by atoms with Gasteiger partial charge < -0.3 is 10.2 Å².